The van der Waals surface area contributed by atoms with Gasteiger partial charge in [0, 0.05) is 25.3 Å². The lowest BCUT2D eigenvalue weighted by atomic mass is 9.95. The number of aromatic nitrogens is 4. The largest absolute Gasteiger partial charge is 0.376 e. The van der Waals surface area contributed by atoms with E-state index in [9.17, 15) is 10.1 Å². The number of carbonyl (C=O) groups is 1. The molecule has 1 N–H and O–H groups in total. The van der Waals surface area contributed by atoms with Crippen molar-refractivity contribution in [1.29, 1.82) is 5.26 Å². The third-order valence-corrected chi connectivity index (χ3v) is 7.09. The average molecular weight is 443 g/mol. The third-order valence-electron chi connectivity index (χ3n) is 6.07. The van der Waals surface area contributed by atoms with Gasteiger partial charge in [0.2, 0.25) is 5.91 Å². The fraction of sp³-hybridized carbons (Fsp3) is 0.636. The first-order valence-corrected chi connectivity index (χ1v) is 12.1. The van der Waals surface area contributed by atoms with Crippen molar-refractivity contribution in [3.05, 3.63) is 22.6 Å². The van der Waals surface area contributed by atoms with Crippen molar-refractivity contribution in [1.82, 2.24) is 19.3 Å². The minimum absolute atomic E-state index is 0.140. The number of nitrogens with zero attached hydrogens (tertiary/aromatic N) is 5. The molecule has 2 aromatic rings. The highest BCUT2D eigenvalue weighted by Crippen LogP contribution is 2.34. The van der Waals surface area contributed by atoms with E-state index in [1.54, 1.807) is 0 Å². The van der Waals surface area contributed by atoms with E-state index in [-0.39, 0.29) is 23.7 Å². The molecule has 0 bridgehead atoms. The number of nitrogens with one attached hydrogen (secondary N) is 1. The van der Waals surface area contributed by atoms with Gasteiger partial charge in [-0.05, 0) is 44.1 Å². The summed E-state index contributed by atoms with van der Waals surface area (Å²) in [5, 5.41) is 22.1. The topological polar surface area (TPSA) is 97.8 Å². The summed E-state index contributed by atoms with van der Waals surface area (Å²) in [7, 11) is 1.92. The lowest BCUT2D eigenvalue weighted by Gasteiger charge is -2.19. The van der Waals surface area contributed by atoms with Crippen molar-refractivity contribution >= 4 is 23.5 Å². The summed E-state index contributed by atoms with van der Waals surface area (Å²) in [6.07, 6.45) is 6.25. The van der Waals surface area contributed by atoms with Crippen LogP contribution in [0.5, 0.6) is 0 Å². The maximum Gasteiger partial charge on any atom is 0.235 e. The summed E-state index contributed by atoms with van der Waals surface area (Å²) in [5.41, 5.74) is 2.91. The number of anilines is 1. The smallest absolute Gasteiger partial charge is 0.235 e. The van der Waals surface area contributed by atoms with E-state index >= 15 is 0 Å². The van der Waals surface area contributed by atoms with Gasteiger partial charge in [0.1, 0.15) is 17.7 Å². The second-order valence-corrected chi connectivity index (χ2v) is 9.55. The molecule has 9 heteroatoms. The minimum atomic E-state index is -0.140. The molecule has 0 spiro atoms. The summed E-state index contributed by atoms with van der Waals surface area (Å²) in [4.78, 5) is 12.9. The molecule has 1 amide bonds. The predicted octanol–water partition coefficient (Wildman–Crippen LogP) is 3.40. The van der Waals surface area contributed by atoms with Gasteiger partial charge in [-0.15, -0.1) is 10.2 Å². The minimum Gasteiger partial charge on any atom is -0.376 e. The summed E-state index contributed by atoms with van der Waals surface area (Å²) in [6.45, 7) is 5.61. The summed E-state index contributed by atoms with van der Waals surface area (Å²) in [5.74, 6) is 1.87. The van der Waals surface area contributed by atoms with E-state index in [1.165, 1.54) is 17.5 Å². The van der Waals surface area contributed by atoms with Crippen LogP contribution in [-0.2, 0) is 36.0 Å². The van der Waals surface area contributed by atoms with Crippen molar-refractivity contribution in [2.24, 2.45) is 7.05 Å². The monoisotopic (exact) mass is 442 g/mol. The van der Waals surface area contributed by atoms with E-state index in [1.807, 2.05) is 11.6 Å². The second-order valence-electron chi connectivity index (χ2n) is 8.60. The number of fused-ring (bicyclic) bond motifs is 1. The Kier molecular flexibility index (Phi) is 6.68. The van der Waals surface area contributed by atoms with E-state index in [2.05, 4.69) is 40.0 Å². The zero-order valence-electron chi connectivity index (χ0n) is 18.5. The molecule has 0 radical (unpaired) electrons. The highest BCUT2D eigenvalue weighted by Gasteiger charge is 2.28. The average Bonchev–Trinajstić information content (AvgIpc) is 3.46. The van der Waals surface area contributed by atoms with Crippen LogP contribution in [0.2, 0.25) is 0 Å². The molecule has 8 nitrogen and oxygen atoms in total. The molecule has 1 fully saturated rings. The van der Waals surface area contributed by atoms with Crippen LogP contribution in [0, 0.1) is 11.3 Å². The molecule has 2 aromatic heterocycles. The van der Waals surface area contributed by atoms with Crippen LogP contribution in [0.15, 0.2) is 5.16 Å². The van der Waals surface area contributed by atoms with Crippen LogP contribution in [-0.4, -0.2) is 43.7 Å². The molecule has 1 aliphatic heterocycles. The fourth-order valence-electron chi connectivity index (χ4n) is 4.57. The van der Waals surface area contributed by atoms with Gasteiger partial charge >= 0.3 is 0 Å². The van der Waals surface area contributed by atoms with E-state index < -0.39 is 0 Å². The normalized spacial score (nSPS) is 18.2. The zero-order chi connectivity index (χ0) is 22.0. The van der Waals surface area contributed by atoms with Crippen molar-refractivity contribution in [2.45, 2.75) is 76.1 Å². The molecule has 1 saturated heterocycles. The van der Waals surface area contributed by atoms with Crippen LogP contribution in [0.1, 0.15) is 68.1 Å². The molecule has 2 aliphatic rings. The van der Waals surface area contributed by atoms with Crippen molar-refractivity contribution in [3.8, 4) is 6.07 Å². The Hall–Kier alpha value is -2.31. The zero-order valence-corrected chi connectivity index (χ0v) is 19.3. The lowest BCUT2D eigenvalue weighted by molar-refractivity contribution is -0.113. The second kappa shape index (κ2) is 9.45. The highest BCUT2D eigenvalue weighted by molar-refractivity contribution is 7.99. The number of amides is 1. The van der Waals surface area contributed by atoms with Crippen molar-refractivity contribution < 1.29 is 9.53 Å². The van der Waals surface area contributed by atoms with E-state index in [0.29, 0.717) is 23.1 Å². The standard InChI is InChI=1S/C22H30N6O2S/c1-14(2)20-25-26-22(27(20)3)31-13-19(29)24-21-17(11-23)16-8-4-5-9-18(16)28(21)12-15-7-6-10-30-15/h14-15H,4-10,12-13H2,1-3H3,(H,24,29). The first-order chi connectivity index (χ1) is 15.0. The first kappa shape index (κ1) is 21.9. The van der Waals surface area contributed by atoms with Gasteiger partial charge < -0.3 is 19.2 Å². The molecule has 166 valence electrons. The Bertz CT molecular complexity index is 997. The number of hydrogen-bond acceptors (Lipinski definition) is 6. The number of hydrogen-bond donors (Lipinski definition) is 1. The van der Waals surface area contributed by atoms with Gasteiger partial charge in [0.15, 0.2) is 5.16 Å². The molecule has 4 rings (SSSR count). The quantitative estimate of drug-likeness (QED) is 0.660. The first-order valence-electron chi connectivity index (χ1n) is 11.1. The molecule has 1 atom stereocenters. The van der Waals surface area contributed by atoms with Gasteiger partial charge in [-0.1, -0.05) is 25.6 Å². The highest BCUT2D eigenvalue weighted by atomic mass is 32.2. The van der Waals surface area contributed by atoms with Gasteiger partial charge in [0.25, 0.3) is 0 Å². The Morgan fingerprint density at radius 1 is 1.32 bits per heavy atom. The van der Waals surface area contributed by atoms with Gasteiger partial charge in [-0.3, -0.25) is 4.79 Å². The number of thioether (sulfide) groups is 1. The fourth-order valence-corrected chi connectivity index (χ4v) is 5.28. The van der Waals surface area contributed by atoms with E-state index in [0.717, 1.165) is 56.5 Å². The molecule has 1 aliphatic carbocycles. The Balaban J connectivity index is 1.53. The summed E-state index contributed by atoms with van der Waals surface area (Å²) < 4.78 is 9.93. The Morgan fingerprint density at radius 3 is 2.81 bits per heavy atom. The molecule has 0 aromatic carbocycles. The lowest BCUT2D eigenvalue weighted by Crippen LogP contribution is -2.23. The van der Waals surface area contributed by atoms with Crippen LogP contribution in [0.25, 0.3) is 0 Å². The van der Waals surface area contributed by atoms with Crippen LogP contribution in [0.4, 0.5) is 5.82 Å². The molecular formula is C22H30N6O2S. The number of nitriles is 1. The van der Waals surface area contributed by atoms with Crippen LogP contribution in [0.3, 0.4) is 0 Å². The van der Waals surface area contributed by atoms with Crippen LogP contribution < -0.4 is 5.32 Å². The van der Waals surface area contributed by atoms with E-state index in [4.69, 9.17) is 4.74 Å². The SMILES string of the molecule is CC(C)c1nnc(SCC(=O)Nc2c(C#N)c3c(n2CC2CCCO2)CCCC3)n1C. The summed E-state index contributed by atoms with van der Waals surface area (Å²) >= 11 is 1.36. The van der Waals surface area contributed by atoms with Gasteiger partial charge in [-0.25, -0.2) is 0 Å². The number of ether oxygens (including phenoxy) is 1. The molecule has 1 unspecified atom stereocenters. The molecule has 0 saturated carbocycles. The number of carbonyl (C=O) groups excluding carboxylic acids is 1. The van der Waals surface area contributed by atoms with Crippen molar-refractivity contribution in [2.75, 3.05) is 17.7 Å². The Labute approximate surface area is 187 Å². The van der Waals surface area contributed by atoms with Gasteiger partial charge in [-0.2, -0.15) is 5.26 Å². The molecular weight excluding hydrogens is 412 g/mol. The number of rotatable bonds is 7. The van der Waals surface area contributed by atoms with Crippen LogP contribution >= 0.6 is 11.8 Å². The predicted molar refractivity (Wildman–Crippen MR) is 119 cm³/mol. The molecule has 31 heavy (non-hydrogen) atoms. The third kappa shape index (κ3) is 4.51. The molecule has 3 heterocycles. The maximum atomic E-state index is 12.9. The Morgan fingerprint density at radius 2 is 2.13 bits per heavy atom. The van der Waals surface area contributed by atoms with Crippen molar-refractivity contribution in [3.63, 3.8) is 0 Å². The summed E-state index contributed by atoms with van der Waals surface area (Å²) in [6, 6.07) is 2.36. The van der Waals surface area contributed by atoms with Gasteiger partial charge in [0.05, 0.1) is 24.0 Å². The maximum absolute atomic E-state index is 12.9.